The van der Waals surface area contributed by atoms with Gasteiger partial charge in [0.1, 0.15) is 5.75 Å². The second kappa shape index (κ2) is 5.50. The number of oxazole rings is 1. The van der Waals surface area contributed by atoms with Crippen molar-refractivity contribution in [1.29, 1.82) is 0 Å². The van der Waals surface area contributed by atoms with Crippen LogP contribution in [0.25, 0.3) is 11.3 Å². The molecule has 17 heavy (non-hydrogen) atoms. The van der Waals surface area contributed by atoms with E-state index in [0.29, 0.717) is 6.54 Å². The summed E-state index contributed by atoms with van der Waals surface area (Å²) < 4.78 is 10.8. The van der Waals surface area contributed by atoms with Crippen LogP contribution in [0.5, 0.6) is 5.75 Å². The molecule has 0 saturated heterocycles. The minimum Gasteiger partial charge on any atom is -0.497 e. The first-order valence-electron chi connectivity index (χ1n) is 5.62. The van der Waals surface area contributed by atoms with Crippen LogP contribution < -0.4 is 10.5 Å². The normalized spacial score (nSPS) is 10.5. The predicted molar refractivity (Wildman–Crippen MR) is 65.9 cm³/mol. The van der Waals surface area contributed by atoms with Crippen molar-refractivity contribution in [1.82, 2.24) is 4.98 Å². The molecule has 4 heteroatoms. The van der Waals surface area contributed by atoms with Gasteiger partial charge >= 0.3 is 0 Å². The average Bonchev–Trinajstić information content (AvgIpc) is 2.85. The molecule has 0 spiro atoms. The van der Waals surface area contributed by atoms with Crippen molar-refractivity contribution >= 4 is 0 Å². The zero-order valence-electron chi connectivity index (χ0n) is 9.85. The number of nitrogens with two attached hydrogens (primary N) is 1. The Morgan fingerprint density at radius 2 is 2.29 bits per heavy atom. The number of rotatable bonds is 5. The van der Waals surface area contributed by atoms with Crippen molar-refractivity contribution in [2.24, 2.45) is 5.73 Å². The molecule has 0 unspecified atom stereocenters. The van der Waals surface area contributed by atoms with Crippen LogP contribution in [0, 0.1) is 0 Å². The van der Waals surface area contributed by atoms with Crippen LogP contribution >= 0.6 is 0 Å². The SMILES string of the molecule is COc1cccc(-c2cnc(CCCN)o2)c1. The highest BCUT2D eigenvalue weighted by atomic mass is 16.5. The summed E-state index contributed by atoms with van der Waals surface area (Å²) >= 11 is 0. The molecule has 0 aliphatic heterocycles. The van der Waals surface area contributed by atoms with E-state index in [9.17, 15) is 0 Å². The van der Waals surface area contributed by atoms with Crippen LogP contribution in [0.3, 0.4) is 0 Å². The summed E-state index contributed by atoms with van der Waals surface area (Å²) in [7, 11) is 1.65. The molecule has 0 saturated carbocycles. The zero-order chi connectivity index (χ0) is 12.1. The summed E-state index contributed by atoms with van der Waals surface area (Å²) in [5.41, 5.74) is 6.41. The van der Waals surface area contributed by atoms with Crippen molar-refractivity contribution in [2.75, 3.05) is 13.7 Å². The maximum atomic E-state index is 5.65. The molecule has 0 aliphatic rings. The van der Waals surface area contributed by atoms with Gasteiger partial charge in [-0.3, -0.25) is 0 Å². The third-order valence-electron chi connectivity index (χ3n) is 2.50. The summed E-state index contributed by atoms with van der Waals surface area (Å²) in [5.74, 6) is 2.30. The number of ether oxygens (including phenoxy) is 1. The van der Waals surface area contributed by atoms with Crippen LogP contribution in [0.2, 0.25) is 0 Å². The van der Waals surface area contributed by atoms with E-state index in [1.54, 1.807) is 13.3 Å². The molecule has 90 valence electrons. The van der Waals surface area contributed by atoms with Gasteiger partial charge < -0.3 is 14.9 Å². The Labute approximate surface area is 100 Å². The number of hydrogen-bond acceptors (Lipinski definition) is 4. The highest BCUT2D eigenvalue weighted by molar-refractivity contribution is 5.58. The molecule has 0 bridgehead atoms. The summed E-state index contributed by atoms with van der Waals surface area (Å²) in [6.07, 6.45) is 3.40. The molecule has 2 N–H and O–H groups in total. The Hall–Kier alpha value is -1.81. The van der Waals surface area contributed by atoms with E-state index in [-0.39, 0.29) is 0 Å². The predicted octanol–water partition coefficient (Wildman–Crippen LogP) is 2.24. The van der Waals surface area contributed by atoms with E-state index in [0.717, 1.165) is 35.8 Å². The molecule has 2 aromatic rings. The van der Waals surface area contributed by atoms with Crippen molar-refractivity contribution < 1.29 is 9.15 Å². The van der Waals surface area contributed by atoms with Crippen LogP contribution in [-0.4, -0.2) is 18.6 Å². The van der Waals surface area contributed by atoms with Gasteiger partial charge in [-0.1, -0.05) is 12.1 Å². The van der Waals surface area contributed by atoms with Gasteiger partial charge in [-0.15, -0.1) is 0 Å². The molecule has 1 aromatic carbocycles. The number of nitrogens with zero attached hydrogens (tertiary/aromatic N) is 1. The van der Waals surface area contributed by atoms with Crippen molar-refractivity contribution in [3.05, 3.63) is 36.4 Å². The lowest BCUT2D eigenvalue weighted by atomic mass is 10.2. The van der Waals surface area contributed by atoms with Crippen molar-refractivity contribution in [3.63, 3.8) is 0 Å². The minimum absolute atomic E-state index is 0.650. The van der Waals surface area contributed by atoms with E-state index in [1.807, 2.05) is 24.3 Å². The van der Waals surface area contributed by atoms with Crippen LogP contribution in [0.4, 0.5) is 0 Å². The smallest absolute Gasteiger partial charge is 0.194 e. The fraction of sp³-hybridized carbons (Fsp3) is 0.308. The summed E-state index contributed by atoms with van der Waals surface area (Å²) in [6, 6.07) is 7.72. The molecular weight excluding hydrogens is 216 g/mol. The summed E-state index contributed by atoms with van der Waals surface area (Å²) in [4.78, 5) is 4.22. The highest BCUT2D eigenvalue weighted by Gasteiger charge is 2.06. The molecule has 0 atom stereocenters. The van der Waals surface area contributed by atoms with Gasteiger partial charge in [0.05, 0.1) is 13.3 Å². The first-order valence-corrected chi connectivity index (χ1v) is 5.62. The molecule has 2 rings (SSSR count). The van der Waals surface area contributed by atoms with Crippen LogP contribution in [0.1, 0.15) is 12.3 Å². The van der Waals surface area contributed by atoms with Gasteiger partial charge in [0, 0.05) is 12.0 Å². The van der Waals surface area contributed by atoms with E-state index < -0.39 is 0 Å². The maximum absolute atomic E-state index is 5.65. The quantitative estimate of drug-likeness (QED) is 0.858. The van der Waals surface area contributed by atoms with Gasteiger partial charge in [-0.2, -0.15) is 0 Å². The fourth-order valence-corrected chi connectivity index (χ4v) is 1.59. The first kappa shape index (κ1) is 11.7. The monoisotopic (exact) mass is 232 g/mol. The molecule has 0 amide bonds. The Kier molecular flexibility index (Phi) is 3.77. The van der Waals surface area contributed by atoms with Gasteiger partial charge in [-0.05, 0) is 25.1 Å². The Morgan fingerprint density at radius 1 is 1.41 bits per heavy atom. The topological polar surface area (TPSA) is 61.3 Å². The lowest BCUT2D eigenvalue weighted by Crippen LogP contribution is -2.00. The van der Waals surface area contributed by atoms with E-state index in [2.05, 4.69) is 4.98 Å². The number of aromatic nitrogens is 1. The van der Waals surface area contributed by atoms with Crippen molar-refractivity contribution in [2.45, 2.75) is 12.8 Å². The standard InChI is InChI=1S/C13H16N2O2/c1-16-11-5-2-4-10(8-11)12-9-15-13(17-12)6-3-7-14/h2,4-5,8-9H,3,6-7,14H2,1H3. The van der Waals surface area contributed by atoms with Gasteiger partial charge in [0.2, 0.25) is 0 Å². The summed E-state index contributed by atoms with van der Waals surface area (Å²) in [5, 5.41) is 0. The lowest BCUT2D eigenvalue weighted by Gasteiger charge is -2.01. The molecule has 0 radical (unpaired) electrons. The third kappa shape index (κ3) is 2.85. The zero-order valence-corrected chi connectivity index (χ0v) is 9.85. The Balaban J connectivity index is 2.18. The molecule has 1 aromatic heterocycles. The minimum atomic E-state index is 0.650. The number of benzene rings is 1. The van der Waals surface area contributed by atoms with Crippen LogP contribution in [-0.2, 0) is 6.42 Å². The number of methoxy groups -OCH3 is 1. The number of hydrogen-bond donors (Lipinski definition) is 1. The third-order valence-corrected chi connectivity index (χ3v) is 2.50. The summed E-state index contributed by atoms with van der Waals surface area (Å²) in [6.45, 7) is 0.650. The van der Waals surface area contributed by atoms with E-state index in [1.165, 1.54) is 0 Å². The maximum Gasteiger partial charge on any atom is 0.194 e. The van der Waals surface area contributed by atoms with Crippen LogP contribution in [0.15, 0.2) is 34.9 Å². The largest absolute Gasteiger partial charge is 0.497 e. The Bertz CT molecular complexity index is 480. The number of aryl methyl sites for hydroxylation is 1. The first-order chi connectivity index (χ1) is 8.33. The molecule has 4 nitrogen and oxygen atoms in total. The second-order valence-corrected chi connectivity index (χ2v) is 3.74. The Morgan fingerprint density at radius 3 is 3.06 bits per heavy atom. The molecule has 0 fully saturated rings. The fourth-order valence-electron chi connectivity index (χ4n) is 1.59. The van der Waals surface area contributed by atoms with Gasteiger partial charge in [-0.25, -0.2) is 4.98 Å². The van der Waals surface area contributed by atoms with Gasteiger partial charge in [0.15, 0.2) is 11.7 Å². The van der Waals surface area contributed by atoms with Crippen molar-refractivity contribution in [3.8, 4) is 17.1 Å². The highest BCUT2D eigenvalue weighted by Crippen LogP contribution is 2.24. The second-order valence-electron chi connectivity index (χ2n) is 3.74. The van der Waals surface area contributed by atoms with Gasteiger partial charge in [0.25, 0.3) is 0 Å². The van der Waals surface area contributed by atoms with E-state index in [4.69, 9.17) is 14.9 Å². The molecule has 1 heterocycles. The van der Waals surface area contributed by atoms with E-state index >= 15 is 0 Å². The average molecular weight is 232 g/mol. The molecular formula is C13H16N2O2. The lowest BCUT2D eigenvalue weighted by molar-refractivity contribution is 0.414. The molecule has 0 aliphatic carbocycles.